The number of nitrogens with zero attached hydrogens (tertiary/aromatic N) is 4. The lowest BCUT2D eigenvalue weighted by atomic mass is 9.97. The highest BCUT2D eigenvalue weighted by atomic mass is 16.5. The van der Waals surface area contributed by atoms with Crippen LogP contribution >= 0.6 is 0 Å². The van der Waals surface area contributed by atoms with E-state index in [9.17, 15) is 4.79 Å². The van der Waals surface area contributed by atoms with Crippen molar-refractivity contribution in [3.05, 3.63) is 45.8 Å². The molecule has 0 bridgehead atoms. The zero-order chi connectivity index (χ0) is 16.5. The zero-order valence-electron chi connectivity index (χ0n) is 13.7. The van der Waals surface area contributed by atoms with Crippen LogP contribution in [0.3, 0.4) is 0 Å². The Morgan fingerprint density at radius 2 is 2.17 bits per heavy atom. The maximum absolute atomic E-state index is 12.5. The Morgan fingerprint density at radius 1 is 1.29 bits per heavy atom. The lowest BCUT2D eigenvalue weighted by Gasteiger charge is -2.23. The van der Waals surface area contributed by atoms with Crippen LogP contribution in [-0.2, 0) is 17.6 Å². The summed E-state index contributed by atoms with van der Waals surface area (Å²) in [4.78, 5) is 21.0. The molecule has 1 N–H and O–H groups in total. The summed E-state index contributed by atoms with van der Waals surface area (Å²) in [5, 5.41) is 8.02. The number of ether oxygens (including phenoxy) is 1. The van der Waals surface area contributed by atoms with Gasteiger partial charge >= 0.3 is 0 Å². The first-order chi connectivity index (χ1) is 11.7. The maximum Gasteiger partial charge on any atom is 0.267 e. The zero-order valence-corrected chi connectivity index (χ0v) is 13.7. The SMILES string of the molecule is Cc1nccc(NC2COCC2n2nc3c(cc2=O)CCCC3)n1. The standard InChI is InChI=1S/C17H21N5O2/c1-11-18-7-6-16(19-11)20-14-9-24-10-15(14)22-17(23)8-12-4-2-3-5-13(12)21-22/h6-8,14-15H,2-5,9-10H2,1H3,(H,18,19,20). The van der Waals surface area contributed by atoms with Crippen molar-refractivity contribution < 1.29 is 4.74 Å². The number of hydrogen-bond acceptors (Lipinski definition) is 6. The van der Waals surface area contributed by atoms with Gasteiger partial charge in [0.15, 0.2) is 0 Å². The van der Waals surface area contributed by atoms with E-state index in [0.717, 1.165) is 42.8 Å². The van der Waals surface area contributed by atoms with Gasteiger partial charge in [0, 0.05) is 12.3 Å². The molecule has 4 rings (SSSR count). The molecule has 1 saturated heterocycles. The van der Waals surface area contributed by atoms with Gasteiger partial charge in [-0.3, -0.25) is 4.79 Å². The Bertz CT molecular complexity index is 804. The van der Waals surface area contributed by atoms with Gasteiger partial charge < -0.3 is 10.1 Å². The van der Waals surface area contributed by atoms with E-state index in [1.165, 1.54) is 0 Å². The van der Waals surface area contributed by atoms with Crippen LogP contribution in [0.15, 0.2) is 23.1 Å². The van der Waals surface area contributed by atoms with Crippen LogP contribution in [0.25, 0.3) is 0 Å². The number of aromatic nitrogens is 4. The van der Waals surface area contributed by atoms with E-state index >= 15 is 0 Å². The predicted molar refractivity (Wildman–Crippen MR) is 89.2 cm³/mol. The molecule has 126 valence electrons. The Hall–Kier alpha value is -2.28. The Kier molecular flexibility index (Phi) is 4.02. The van der Waals surface area contributed by atoms with Crippen molar-refractivity contribution in [1.82, 2.24) is 19.7 Å². The van der Waals surface area contributed by atoms with E-state index in [2.05, 4.69) is 20.4 Å². The fourth-order valence-corrected chi connectivity index (χ4v) is 3.46. The van der Waals surface area contributed by atoms with Gasteiger partial charge in [0.2, 0.25) is 0 Å². The largest absolute Gasteiger partial charge is 0.377 e. The Morgan fingerprint density at radius 3 is 3.04 bits per heavy atom. The molecule has 7 heteroatoms. The average Bonchev–Trinajstić information content (AvgIpc) is 3.02. The van der Waals surface area contributed by atoms with Crippen molar-refractivity contribution in [3.63, 3.8) is 0 Å². The molecule has 2 unspecified atom stereocenters. The summed E-state index contributed by atoms with van der Waals surface area (Å²) in [5.74, 6) is 1.45. The van der Waals surface area contributed by atoms with Crippen molar-refractivity contribution in [2.45, 2.75) is 44.7 Å². The van der Waals surface area contributed by atoms with E-state index in [4.69, 9.17) is 4.74 Å². The van der Waals surface area contributed by atoms with Crippen LogP contribution in [0, 0.1) is 6.92 Å². The van der Waals surface area contributed by atoms with Gasteiger partial charge in [-0.1, -0.05) is 0 Å². The van der Waals surface area contributed by atoms with Gasteiger partial charge in [0.05, 0.1) is 24.9 Å². The fourth-order valence-electron chi connectivity index (χ4n) is 3.46. The van der Waals surface area contributed by atoms with Crippen molar-refractivity contribution in [3.8, 4) is 0 Å². The van der Waals surface area contributed by atoms with Gasteiger partial charge in [-0.2, -0.15) is 5.10 Å². The third kappa shape index (κ3) is 2.91. The van der Waals surface area contributed by atoms with Gasteiger partial charge in [0.1, 0.15) is 17.7 Å². The van der Waals surface area contributed by atoms with Crippen LogP contribution in [0.1, 0.15) is 36.0 Å². The van der Waals surface area contributed by atoms with Crippen molar-refractivity contribution in [2.75, 3.05) is 18.5 Å². The molecular formula is C17H21N5O2. The monoisotopic (exact) mass is 327 g/mol. The molecule has 3 heterocycles. The molecule has 1 aliphatic heterocycles. The molecular weight excluding hydrogens is 306 g/mol. The Balaban J connectivity index is 1.62. The predicted octanol–water partition coefficient (Wildman–Crippen LogP) is 1.27. The molecule has 0 amide bonds. The van der Waals surface area contributed by atoms with Gasteiger partial charge in [0.25, 0.3) is 5.56 Å². The molecule has 0 saturated carbocycles. The summed E-state index contributed by atoms with van der Waals surface area (Å²) in [6, 6.07) is 3.42. The number of rotatable bonds is 3. The minimum absolute atomic E-state index is 0.0360. The number of anilines is 1. The smallest absolute Gasteiger partial charge is 0.267 e. The Labute approximate surface area is 140 Å². The normalized spacial score (nSPS) is 23.0. The van der Waals surface area contributed by atoms with Crippen LogP contribution in [-0.4, -0.2) is 39.0 Å². The maximum atomic E-state index is 12.5. The highest BCUT2D eigenvalue weighted by Crippen LogP contribution is 2.23. The van der Waals surface area contributed by atoms with Crippen LogP contribution in [0.2, 0.25) is 0 Å². The quantitative estimate of drug-likeness (QED) is 0.914. The van der Waals surface area contributed by atoms with Crippen LogP contribution in [0.5, 0.6) is 0 Å². The molecule has 1 aliphatic carbocycles. The lowest BCUT2D eigenvalue weighted by Crippen LogP contribution is -2.38. The number of fused-ring (bicyclic) bond motifs is 1. The van der Waals surface area contributed by atoms with Gasteiger partial charge in [-0.25, -0.2) is 14.6 Å². The highest BCUT2D eigenvalue weighted by Gasteiger charge is 2.32. The second kappa shape index (κ2) is 6.32. The molecule has 0 aromatic carbocycles. The van der Waals surface area contributed by atoms with Crippen LogP contribution in [0.4, 0.5) is 5.82 Å². The topological polar surface area (TPSA) is 81.9 Å². The molecule has 2 aromatic rings. The molecule has 2 aromatic heterocycles. The summed E-state index contributed by atoms with van der Waals surface area (Å²) in [5.41, 5.74) is 2.12. The first-order valence-corrected chi connectivity index (χ1v) is 8.46. The van der Waals surface area contributed by atoms with Gasteiger partial charge in [-0.05, 0) is 44.2 Å². The van der Waals surface area contributed by atoms with Crippen molar-refractivity contribution in [2.24, 2.45) is 0 Å². The van der Waals surface area contributed by atoms with E-state index in [-0.39, 0.29) is 17.6 Å². The minimum atomic E-state index is -0.125. The number of hydrogen-bond donors (Lipinski definition) is 1. The van der Waals surface area contributed by atoms with E-state index in [1.54, 1.807) is 16.9 Å². The molecule has 2 aliphatic rings. The van der Waals surface area contributed by atoms with Gasteiger partial charge in [-0.15, -0.1) is 0 Å². The third-order valence-electron chi connectivity index (χ3n) is 4.71. The third-order valence-corrected chi connectivity index (χ3v) is 4.71. The fraction of sp³-hybridized carbons (Fsp3) is 0.529. The lowest BCUT2D eigenvalue weighted by molar-refractivity contribution is 0.182. The molecule has 2 atom stereocenters. The molecule has 1 fully saturated rings. The minimum Gasteiger partial charge on any atom is -0.377 e. The molecule has 7 nitrogen and oxygen atoms in total. The summed E-state index contributed by atoms with van der Waals surface area (Å²) in [6.07, 6.45) is 5.91. The van der Waals surface area contributed by atoms with Crippen molar-refractivity contribution in [1.29, 1.82) is 0 Å². The van der Waals surface area contributed by atoms with Crippen LogP contribution < -0.4 is 10.9 Å². The first-order valence-electron chi connectivity index (χ1n) is 8.46. The second-order valence-corrected chi connectivity index (χ2v) is 6.45. The molecule has 0 radical (unpaired) electrons. The van der Waals surface area contributed by atoms with E-state index < -0.39 is 0 Å². The summed E-state index contributed by atoms with van der Waals surface area (Å²) in [6.45, 7) is 2.86. The highest BCUT2D eigenvalue weighted by molar-refractivity contribution is 5.35. The van der Waals surface area contributed by atoms with E-state index in [0.29, 0.717) is 19.0 Å². The van der Waals surface area contributed by atoms with E-state index in [1.807, 2.05) is 13.0 Å². The summed E-state index contributed by atoms with van der Waals surface area (Å²) in [7, 11) is 0. The first kappa shape index (κ1) is 15.3. The second-order valence-electron chi connectivity index (χ2n) is 6.45. The summed E-state index contributed by atoms with van der Waals surface area (Å²) >= 11 is 0. The number of aryl methyl sites for hydroxylation is 3. The molecule has 24 heavy (non-hydrogen) atoms. The average molecular weight is 327 g/mol. The summed E-state index contributed by atoms with van der Waals surface area (Å²) < 4.78 is 7.22. The molecule has 0 spiro atoms. The van der Waals surface area contributed by atoms with Crippen molar-refractivity contribution >= 4 is 5.82 Å². The number of nitrogens with one attached hydrogen (secondary N) is 1.